The number of nitrogens with zero attached hydrogens (tertiary/aromatic N) is 7. The van der Waals surface area contributed by atoms with Crippen molar-refractivity contribution in [1.29, 1.82) is 0 Å². The molecular formula is C32H41N7O4. The molecule has 0 aliphatic carbocycles. The van der Waals surface area contributed by atoms with Crippen molar-refractivity contribution in [3.63, 3.8) is 0 Å². The number of aryl methyl sites for hydroxylation is 3. The lowest BCUT2D eigenvalue weighted by Gasteiger charge is -2.31. The second kappa shape index (κ2) is 13.6. The van der Waals surface area contributed by atoms with Gasteiger partial charge in [-0.05, 0) is 73.6 Å². The number of hydrogen-bond donors (Lipinski definition) is 1. The molecule has 2 amide bonds. The highest BCUT2D eigenvalue weighted by atomic mass is 16.4. The van der Waals surface area contributed by atoms with E-state index in [0.29, 0.717) is 55.0 Å². The number of aromatic nitrogens is 5. The zero-order valence-electron chi connectivity index (χ0n) is 25.8. The molecule has 228 valence electrons. The third kappa shape index (κ3) is 6.93. The van der Waals surface area contributed by atoms with E-state index in [2.05, 4.69) is 15.4 Å². The third-order valence-corrected chi connectivity index (χ3v) is 7.95. The van der Waals surface area contributed by atoms with Crippen molar-refractivity contribution in [3.8, 4) is 0 Å². The number of carbonyl (C=O) groups is 3. The number of amides is 2. The van der Waals surface area contributed by atoms with Crippen LogP contribution in [0.1, 0.15) is 84.4 Å². The summed E-state index contributed by atoms with van der Waals surface area (Å²) < 4.78 is 1.85. The summed E-state index contributed by atoms with van der Waals surface area (Å²) in [4.78, 5) is 43.3. The summed E-state index contributed by atoms with van der Waals surface area (Å²) in [5, 5.41) is 21.6. The van der Waals surface area contributed by atoms with Crippen LogP contribution in [0.15, 0.2) is 48.7 Å². The van der Waals surface area contributed by atoms with Crippen molar-refractivity contribution < 1.29 is 19.5 Å². The molecular weight excluding hydrogens is 546 g/mol. The lowest BCUT2D eigenvalue weighted by molar-refractivity contribution is 0.0748. The lowest BCUT2D eigenvalue weighted by atomic mass is 9.94. The van der Waals surface area contributed by atoms with Crippen molar-refractivity contribution >= 4 is 23.3 Å². The van der Waals surface area contributed by atoms with E-state index < -0.39 is 6.09 Å². The average Bonchev–Trinajstić information content (AvgIpc) is 3.59. The average molecular weight is 588 g/mol. The van der Waals surface area contributed by atoms with Gasteiger partial charge in [0.2, 0.25) is 5.78 Å². The molecule has 0 aliphatic rings. The van der Waals surface area contributed by atoms with Gasteiger partial charge in [0.25, 0.3) is 5.91 Å². The van der Waals surface area contributed by atoms with Gasteiger partial charge in [0.05, 0.1) is 19.3 Å². The molecule has 4 rings (SSSR count). The predicted octanol–water partition coefficient (Wildman–Crippen LogP) is 4.88. The van der Waals surface area contributed by atoms with E-state index in [1.807, 2.05) is 75.4 Å². The first-order valence-electron chi connectivity index (χ1n) is 14.9. The molecule has 0 saturated carbocycles. The molecule has 1 atom stereocenters. The first-order valence-corrected chi connectivity index (χ1v) is 14.9. The normalized spacial score (nSPS) is 12.1. The molecule has 0 aliphatic heterocycles. The van der Waals surface area contributed by atoms with Crippen molar-refractivity contribution in [2.24, 2.45) is 13.0 Å². The number of carboxylic acid groups (broad SMARTS) is 1. The Labute approximate surface area is 252 Å². The van der Waals surface area contributed by atoms with E-state index in [9.17, 15) is 19.5 Å². The SMILES string of the molecule is CCc1cc2cc(C(=O)N(CC)Cc3nnn(C)n3)ccn2c1C(=O)c1ccc(CC[C@H](C(C)C)N(CC)C(=O)O)cc1. The number of fused-ring (bicyclic) bond motifs is 1. The van der Waals surface area contributed by atoms with E-state index in [1.165, 1.54) is 9.70 Å². The second-order valence-corrected chi connectivity index (χ2v) is 11.0. The third-order valence-electron chi connectivity index (χ3n) is 7.95. The Morgan fingerprint density at radius 1 is 0.977 bits per heavy atom. The molecule has 0 bridgehead atoms. The quantitative estimate of drug-likeness (QED) is 0.221. The Kier molecular flexibility index (Phi) is 9.95. The first-order chi connectivity index (χ1) is 20.6. The van der Waals surface area contributed by atoms with E-state index in [-0.39, 0.29) is 30.2 Å². The first kappa shape index (κ1) is 31.4. The Morgan fingerprint density at radius 3 is 2.26 bits per heavy atom. The molecule has 1 aromatic carbocycles. The molecule has 11 nitrogen and oxygen atoms in total. The van der Waals surface area contributed by atoms with Gasteiger partial charge in [-0.3, -0.25) is 9.59 Å². The fourth-order valence-corrected chi connectivity index (χ4v) is 5.59. The van der Waals surface area contributed by atoms with Gasteiger partial charge >= 0.3 is 6.09 Å². The minimum absolute atomic E-state index is 0.0761. The van der Waals surface area contributed by atoms with Crippen molar-refractivity contribution in [2.45, 2.75) is 66.5 Å². The summed E-state index contributed by atoms with van der Waals surface area (Å²) in [5.74, 6) is 0.430. The van der Waals surface area contributed by atoms with Crippen LogP contribution >= 0.6 is 0 Å². The van der Waals surface area contributed by atoms with Crippen LogP contribution in [-0.2, 0) is 26.4 Å². The number of tetrazole rings is 1. The number of pyridine rings is 1. The predicted molar refractivity (Wildman–Crippen MR) is 163 cm³/mol. The summed E-state index contributed by atoms with van der Waals surface area (Å²) >= 11 is 0. The van der Waals surface area contributed by atoms with Crippen LogP contribution in [0.3, 0.4) is 0 Å². The van der Waals surface area contributed by atoms with Gasteiger partial charge in [-0.25, -0.2) is 4.79 Å². The second-order valence-electron chi connectivity index (χ2n) is 11.0. The van der Waals surface area contributed by atoms with Crippen LogP contribution in [0.4, 0.5) is 4.79 Å². The highest BCUT2D eigenvalue weighted by Gasteiger charge is 2.25. The molecule has 4 aromatic rings. The lowest BCUT2D eigenvalue weighted by Crippen LogP contribution is -2.42. The van der Waals surface area contributed by atoms with Gasteiger partial charge in [-0.1, -0.05) is 45.0 Å². The summed E-state index contributed by atoms with van der Waals surface area (Å²) in [6.07, 6.45) is 2.98. The molecule has 0 spiro atoms. The van der Waals surface area contributed by atoms with Crippen LogP contribution in [-0.4, -0.2) is 76.4 Å². The monoisotopic (exact) mass is 587 g/mol. The summed E-state index contributed by atoms with van der Waals surface area (Å²) in [5.41, 5.74) is 4.41. The van der Waals surface area contributed by atoms with Crippen LogP contribution in [0, 0.1) is 5.92 Å². The molecule has 3 heterocycles. The van der Waals surface area contributed by atoms with Crippen LogP contribution < -0.4 is 0 Å². The maximum atomic E-state index is 13.8. The van der Waals surface area contributed by atoms with Crippen LogP contribution in [0.5, 0.6) is 0 Å². The Morgan fingerprint density at radius 2 is 1.70 bits per heavy atom. The fourth-order valence-electron chi connectivity index (χ4n) is 5.59. The standard InChI is InChI=1S/C32H41N7O4/c1-7-23-18-26-19-25(31(41)37(8-2)20-28-33-35-36(6)34-28)16-17-39(26)29(23)30(40)24-13-10-22(11-14-24)12-15-27(21(4)5)38(9-3)32(42)43/h10-11,13-14,16-19,21,27H,7-9,12,15,20H2,1-6H3,(H,42,43)/t27-/m1/s1. The minimum Gasteiger partial charge on any atom is -0.465 e. The molecule has 0 fully saturated rings. The van der Waals surface area contributed by atoms with E-state index in [1.54, 1.807) is 24.2 Å². The van der Waals surface area contributed by atoms with Gasteiger partial charge in [-0.15, -0.1) is 10.2 Å². The summed E-state index contributed by atoms with van der Waals surface area (Å²) in [6.45, 7) is 11.0. The zero-order chi connectivity index (χ0) is 31.3. The maximum absolute atomic E-state index is 13.8. The Balaban J connectivity index is 1.53. The molecule has 1 N–H and O–H groups in total. The van der Waals surface area contributed by atoms with E-state index in [4.69, 9.17) is 0 Å². The topological polar surface area (TPSA) is 126 Å². The van der Waals surface area contributed by atoms with Crippen LogP contribution in [0.25, 0.3) is 5.52 Å². The molecule has 0 radical (unpaired) electrons. The number of benzene rings is 1. The van der Waals surface area contributed by atoms with E-state index in [0.717, 1.165) is 16.6 Å². The molecule has 0 unspecified atom stereocenters. The van der Waals surface area contributed by atoms with Crippen molar-refractivity contribution in [1.82, 2.24) is 34.4 Å². The molecule has 11 heteroatoms. The fraction of sp³-hybridized carbons (Fsp3) is 0.438. The van der Waals surface area contributed by atoms with Crippen molar-refractivity contribution in [2.75, 3.05) is 13.1 Å². The molecule has 0 saturated heterocycles. The van der Waals surface area contributed by atoms with Gasteiger partial charge in [0, 0.05) is 42.0 Å². The van der Waals surface area contributed by atoms with Gasteiger partial charge < -0.3 is 19.3 Å². The summed E-state index contributed by atoms with van der Waals surface area (Å²) in [6, 6.07) is 13.0. The largest absolute Gasteiger partial charge is 0.465 e. The van der Waals surface area contributed by atoms with Crippen molar-refractivity contribution in [3.05, 3.63) is 82.4 Å². The Hall–Kier alpha value is -4.54. The number of rotatable bonds is 13. The summed E-state index contributed by atoms with van der Waals surface area (Å²) in [7, 11) is 1.68. The van der Waals surface area contributed by atoms with E-state index >= 15 is 0 Å². The highest BCUT2D eigenvalue weighted by molar-refractivity contribution is 6.10. The van der Waals surface area contributed by atoms with Gasteiger partial charge in [0.1, 0.15) is 0 Å². The van der Waals surface area contributed by atoms with Gasteiger partial charge in [0.15, 0.2) is 5.82 Å². The number of carbonyl (C=O) groups excluding carboxylic acids is 2. The maximum Gasteiger partial charge on any atom is 0.407 e. The minimum atomic E-state index is -0.896. The highest BCUT2D eigenvalue weighted by Crippen LogP contribution is 2.24. The van der Waals surface area contributed by atoms with Crippen LogP contribution in [0.2, 0.25) is 0 Å². The zero-order valence-corrected chi connectivity index (χ0v) is 25.8. The van der Waals surface area contributed by atoms with Gasteiger partial charge in [-0.2, -0.15) is 4.80 Å². The molecule has 43 heavy (non-hydrogen) atoms. The number of ketones is 1. The number of hydrogen-bond acceptors (Lipinski definition) is 6. The Bertz CT molecular complexity index is 1590. The smallest absolute Gasteiger partial charge is 0.407 e. The molecule has 3 aromatic heterocycles.